The molecule has 4 aromatic rings. The van der Waals surface area contributed by atoms with E-state index in [1.54, 1.807) is 33.3 Å². The summed E-state index contributed by atoms with van der Waals surface area (Å²) < 4.78 is 16.7. The maximum absolute atomic E-state index is 12.7. The zero-order valence-corrected chi connectivity index (χ0v) is 20.1. The lowest BCUT2D eigenvalue weighted by atomic mass is 9.90. The van der Waals surface area contributed by atoms with Crippen molar-refractivity contribution in [1.82, 2.24) is 5.32 Å². The van der Waals surface area contributed by atoms with Gasteiger partial charge in [0.05, 0.1) is 20.8 Å². The molecule has 0 aromatic heterocycles. The summed E-state index contributed by atoms with van der Waals surface area (Å²) in [5.41, 5.74) is 5.71. The number of hydrogen-bond acceptors (Lipinski definition) is 7. The Morgan fingerprint density at radius 2 is 1.54 bits per heavy atom. The molecular formula is C28H30N2O5. The smallest absolute Gasteiger partial charge is 0.358 e. The third-order valence-corrected chi connectivity index (χ3v) is 6.08. The van der Waals surface area contributed by atoms with Gasteiger partial charge in [-0.25, -0.2) is 4.79 Å². The second kappa shape index (κ2) is 10.3. The molecule has 4 aromatic carbocycles. The molecule has 7 heteroatoms. The molecule has 4 rings (SSSR count). The van der Waals surface area contributed by atoms with Gasteiger partial charge in [-0.15, -0.1) is 0 Å². The Morgan fingerprint density at radius 3 is 2.17 bits per heavy atom. The van der Waals surface area contributed by atoms with E-state index in [9.17, 15) is 9.90 Å². The minimum absolute atomic E-state index is 0.140. The van der Waals surface area contributed by atoms with E-state index in [-0.39, 0.29) is 19.7 Å². The first kappa shape index (κ1) is 24.5. The molecule has 1 atom stereocenters. The Bertz CT molecular complexity index is 1370. The predicted molar refractivity (Wildman–Crippen MR) is 138 cm³/mol. The zero-order chi connectivity index (χ0) is 25.0. The Morgan fingerprint density at radius 1 is 0.914 bits per heavy atom. The summed E-state index contributed by atoms with van der Waals surface area (Å²) in [6.07, 6.45) is 0. The van der Waals surface area contributed by atoms with Crippen molar-refractivity contribution in [2.75, 3.05) is 33.9 Å². The number of benzene rings is 4. The number of ether oxygens (including phenoxy) is 3. The van der Waals surface area contributed by atoms with Gasteiger partial charge in [-0.2, -0.15) is 0 Å². The van der Waals surface area contributed by atoms with E-state index in [1.807, 2.05) is 42.5 Å². The Labute approximate surface area is 204 Å². The molecule has 0 aliphatic rings. The number of nitrogens with one attached hydrogen (secondary N) is 1. The number of aliphatic hydroxyl groups is 1. The molecule has 0 bridgehead atoms. The first-order chi connectivity index (χ1) is 17.0. The van der Waals surface area contributed by atoms with Gasteiger partial charge in [-0.05, 0) is 46.7 Å². The number of carbonyl (C=O) groups excluding carboxylic acids is 1. The molecule has 1 unspecified atom stereocenters. The SMILES string of the molecule is CCOC(=O)C(O)(NCCN)c1ccc2c(-c3c(OC)ccc4ccccc34)c(OC)ccc2c1. The van der Waals surface area contributed by atoms with Crippen LogP contribution in [-0.4, -0.2) is 45.0 Å². The van der Waals surface area contributed by atoms with Crippen LogP contribution >= 0.6 is 0 Å². The van der Waals surface area contributed by atoms with Crippen LogP contribution in [-0.2, 0) is 15.3 Å². The van der Waals surface area contributed by atoms with E-state index in [1.165, 1.54) is 0 Å². The van der Waals surface area contributed by atoms with Crippen molar-refractivity contribution in [1.29, 1.82) is 0 Å². The van der Waals surface area contributed by atoms with Gasteiger partial charge in [0.2, 0.25) is 5.72 Å². The first-order valence-corrected chi connectivity index (χ1v) is 11.5. The number of nitrogens with two attached hydrogens (primary N) is 1. The Kier molecular flexibility index (Phi) is 7.21. The second-order valence-electron chi connectivity index (χ2n) is 8.09. The maximum atomic E-state index is 12.7. The van der Waals surface area contributed by atoms with Gasteiger partial charge in [0, 0.05) is 29.8 Å². The van der Waals surface area contributed by atoms with Gasteiger partial charge < -0.3 is 25.1 Å². The average Bonchev–Trinajstić information content (AvgIpc) is 2.90. The first-order valence-electron chi connectivity index (χ1n) is 11.5. The molecule has 0 amide bonds. The molecule has 7 nitrogen and oxygen atoms in total. The van der Waals surface area contributed by atoms with Gasteiger partial charge in [-0.3, -0.25) is 5.32 Å². The van der Waals surface area contributed by atoms with Gasteiger partial charge >= 0.3 is 5.97 Å². The van der Waals surface area contributed by atoms with E-state index in [0.717, 1.165) is 32.7 Å². The van der Waals surface area contributed by atoms with Crippen molar-refractivity contribution in [2.24, 2.45) is 5.73 Å². The third kappa shape index (κ3) is 4.41. The van der Waals surface area contributed by atoms with Crippen molar-refractivity contribution in [3.05, 3.63) is 72.3 Å². The number of esters is 1. The van der Waals surface area contributed by atoms with Gasteiger partial charge in [0.15, 0.2) is 0 Å². The molecule has 0 aliphatic carbocycles. The molecule has 0 spiro atoms. The van der Waals surface area contributed by atoms with Crippen LogP contribution in [0.5, 0.6) is 11.5 Å². The van der Waals surface area contributed by atoms with Crippen LogP contribution in [0.4, 0.5) is 0 Å². The lowest BCUT2D eigenvalue weighted by molar-refractivity contribution is -0.170. The van der Waals surface area contributed by atoms with Gasteiger partial charge in [0.1, 0.15) is 11.5 Å². The topological polar surface area (TPSA) is 103 Å². The van der Waals surface area contributed by atoms with Crippen molar-refractivity contribution in [3.8, 4) is 22.6 Å². The number of methoxy groups -OCH3 is 2. The largest absolute Gasteiger partial charge is 0.496 e. The van der Waals surface area contributed by atoms with Crippen LogP contribution in [0, 0.1) is 0 Å². The summed E-state index contributed by atoms with van der Waals surface area (Å²) in [6, 6.07) is 21.2. The molecule has 4 N–H and O–H groups in total. The average molecular weight is 475 g/mol. The fourth-order valence-electron chi connectivity index (χ4n) is 4.42. The molecule has 0 saturated heterocycles. The molecule has 182 valence electrons. The lowest BCUT2D eigenvalue weighted by Crippen LogP contribution is -2.51. The normalized spacial score (nSPS) is 12.9. The van der Waals surface area contributed by atoms with Crippen LogP contribution in [0.1, 0.15) is 12.5 Å². The van der Waals surface area contributed by atoms with E-state index in [4.69, 9.17) is 19.9 Å². The van der Waals surface area contributed by atoms with Gasteiger partial charge in [0.25, 0.3) is 0 Å². The van der Waals surface area contributed by atoms with E-state index >= 15 is 0 Å². The molecule has 0 radical (unpaired) electrons. The third-order valence-electron chi connectivity index (χ3n) is 6.08. The highest BCUT2D eigenvalue weighted by Crippen LogP contribution is 2.45. The Balaban J connectivity index is 1.98. The molecule has 0 heterocycles. The van der Waals surface area contributed by atoms with E-state index in [2.05, 4.69) is 17.4 Å². The predicted octanol–water partition coefficient (Wildman–Crippen LogP) is 3.93. The van der Waals surface area contributed by atoms with Crippen molar-refractivity contribution >= 4 is 27.5 Å². The van der Waals surface area contributed by atoms with Crippen molar-refractivity contribution in [2.45, 2.75) is 12.6 Å². The summed E-state index contributed by atoms with van der Waals surface area (Å²) >= 11 is 0. The van der Waals surface area contributed by atoms with Crippen LogP contribution in [0.15, 0.2) is 66.7 Å². The fraction of sp³-hybridized carbons (Fsp3) is 0.250. The van der Waals surface area contributed by atoms with Crippen LogP contribution < -0.4 is 20.5 Å². The van der Waals surface area contributed by atoms with Crippen molar-refractivity contribution in [3.63, 3.8) is 0 Å². The van der Waals surface area contributed by atoms with E-state index < -0.39 is 11.7 Å². The highest BCUT2D eigenvalue weighted by molar-refractivity contribution is 6.10. The number of rotatable bonds is 9. The number of hydrogen-bond donors (Lipinski definition) is 3. The van der Waals surface area contributed by atoms with Crippen LogP contribution in [0.2, 0.25) is 0 Å². The van der Waals surface area contributed by atoms with Crippen LogP contribution in [0.3, 0.4) is 0 Å². The Hall–Kier alpha value is -3.65. The fourth-order valence-corrected chi connectivity index (χ4v) is 4.42. The summed E-state index contributed by atoms with van der Waals surface area (Å²) in [4.78, 5) is 12.7. The quantitative estimate of drug-likeness (QED) is 0.249. The second-order valence-corrected chi connectivity index (χ2v) is 8.09. The maximum Gasteiger partial charge on any atom is 0.358 e. The molecule has 35 heavy (non-hydrogen) atoms. The molecule has 0 fully saturated rings. The summed E-state index contributed by atoms with van der Waals surface area (Å²) in [6.45, 7) is 2.31. The monoisotopic (exact) mass is 474 g/mol. The summed E-state index contributed by atoms with van der Waals surface area (Å²) in [5, 5.41) is 17.9. The summed E-state index contributed by atoms with van der Waals surface area (Å²) in [5.74, 6) is 0.616. The summed E-state index contributed by atoms with van der Waals surface area (Å²) in [7, 11) is 3.28. The number of carbonyl (C=O) groups is 1. The highest BCUT2D eigenvalue weighted by Gasteiger charge is 2.39. The van der Waals surface area contributed by atoms with Gasteiger partial charge in [-0.1, -0.05) is 48.5 Å². The zero-order valence-electron chi connectivity index (χ0n) is 20.1. The minimum atomic E-state index is -2.03. The minimum Gasteiger partial charge on any atom is -0.496 e. The molecular weight excluding hydrogens is 444 g/mol. The van der Waals surface area contributed by atoms with E-state index in [0.29, 0.717) is 17.1 Å². The number of fused-ring (bicyclic) bond motifs is 2. The standard InChI is InChI=1S/C28H30N2O5/c1-4-35-27(31)28(32,30-16-15-29)20-11-12-22-19(17-20)10-14-24(34-3)26(22)25-21-8-6-5-7-18(21)9-13-23(25)33-2/h5-14,17,30,32H,4,15-16,29H2,1-3H3. The lowest BCUT2D eigenvalue weighted by Gasteiger charge is -2.28. The molecule has 0 saturated carbocycles. The van der Waals surface area contributed by atoms with Crippen LogP contribution in [0.25, 0.3) is 32.7 Å². The van der Waals surface area contributed by atoms with Crippen molar-refractivity contribution < 1.29 is 24.1 Å². The molecule has 0 aliphatic heterocycles. The highest BCUT2D eigenvalue weighted by atomic mass is 16.6.